The molecule has 146 valence electrons. The van der Waals surface area contributed by atoms with E-state index in [4.69, 9.17) is 14.6 Å². The van der Waals surface area contributed by atoms with Gasteiger partial charge in [-0.3, -0.25) is 10.1 Å². The third-order valence-corrected chi connectivity index (χ3v) is 3.69. The summed E-state index contributed by atoms with van der Waals surface area (Å²) < 4.78 is 10.2. The molecule has 0 aromatic heterocycles. The summed E-state index contributed by atoms with van der Waals surface area (Å²) in [6, 6.07) is 12.5. The number of aliphatic carboxylic acids is 1. The lowest BCUT2D eigenvalue weighted by atomic mass is 10.1. The molecular weight excluding hydrogens is 366 g/mol. The fraction of sp³-hybridized carbons (Fsp3) is 0.150. The maximum atomic E-state index is 12.1. The van der Waals surface area contributed by atoms with Crippen molar-refractivity contribution in [2.24, 2.45) is 0 Å². The molecule has 0 fully saturated rings. The van der Waals surface area contributed by atoms with Crippen LogP contribution in [0.5, 0.6) is 11.5 Å². The average molecular weight is 385 g/mol. The predicted molar refractivity (Wildman–Crippen MR) is 99.2 cm³/mol. The van der Waals surface area contributed by atoms with Crippen molar-refractivity contribution in [1.29, 1.82) is 0 Å². The van der Waals surface area contributed by atoms with Crippen LogP contribution in [-0.2, 0) is 9.53 Å². The molecule has 0 spiro atoms. The number of benzene rings is 2. The Hall–Kier alpha value is -3.81. The Kier molecular flexibility index (Phi) is 7.15. The summed E-state index contributed by atoms with van der Waals surface area (Å²) >= 11 is 0. The summed E-state index contributed by atoms with van der Waals surface area (Å²) in [5.74, 6) is -1.73. The van der Waals surface area contributed by atoms with Gasteiger partial charge >= 0.3 is 12.1 Å². The van der Waals surface area contributed by atoms with Crippen LogP contribution >= 0.6 is 0 Å². The summed E-state index contributed by atoms with van der Waals surface area (Å²) in [5, 5.41) is 20.8. The maximum absolute atomic E-state index is 12.1. The first-order valence-corrected chi connectivity index (χ1v) is 8.24. The van der Waals surface area contributed by atoms with Crippen molar-refractivity contribution in [2.45, 2.75) is 12.5 Å². The number of hydrogen-bond donors (Lipinski definition) is 3. The number of imide groups is 1. The van der Waals surface area contributed by atoms with Gasteiger partial charge in [-0.2, -0.15) is 0 Å². The van der Waals surface area contributed by atoms with Crippen LogP contribution in [0.15, 0.2) is 60.7 Å². The Morgan fingerprint density at radius 1 is 1.14 bits per heavy atom. The number of phenols is 1. The van der Waals surface area contributed by atoms with E-state index in [0.29, 0.717) is 5.56 Å². The van der Waals surface area contributed by atoms with E-state index in [0.717, 1.165) is 6.08 Å². The van der Waals surface area contributed by atoms with Crippen LogP contribution in [0.3, 0.4) is 0 Å². The zero-order valence-corrected chi connectivity index (χ0v) is 15.0. The van der Waals surface area contributed by atoms with Crippen LogP contribution in [0.1, 0.15) is 28.4 Å². The third-order valence-electron chi connectivity index (χ3n) is 3.69. The van der Waals surface area contributed by atoms with E-state index in [1.54, 1.807) is 24.3 Å². The van der Waals surface area contributed by atoms with Crippen molar-refractivity contribution in [3.63, 3.8) is 0 Å². The van der Waals surface area contributed by atoms with E-state index in [1.165, 1.54) is 37.5 Å². The number of nitrogens with one attached hydrogen (secondary N) is 1. The van der Waals surface area contributed by atoms with E-state index in [9.17, 15) is 19.5 Å². The van der Waals surface area contributed by atoms with Crippen LogP contribution < -0.4 is 10.1 Å². The van der Waals surface area contributed by atoms with Gasteiger partial charge in [-0.15, -0.1) is 0 Å². The Labute approximate surface area is 161 Å². The highest BCUT2D eigenvalue weighted by molar-refractivity contribution is 6.02. The largest absolute Gasteiger partial charge is 0.504 e. The summed E-state index contributed by atoms with van der Waals surface area (Å²) in [4.78, 5) is 34.9. The van der Waals surface area contributed by atoms with Gasteiger partial charge in [-0.25, -0.2) is 9.59 Å². The monoisotopic (exact) mass is 385 g/mol. The molecule has 8 heteroatoms. The fourth-order valence-electron chi connectivity index (χ4n) is 2.37. The van der Waals surface area contributed by atoms with Gasteiger partial charge in [0.2, 0.25) is 0 Å². The number of carbonyl (C=O) groups is 3. The zero-order chi connectivity index (χ0) is 20.5. The first-order valence-electron chi connectivity index (χ1n) is 8.24. The number of carboxylic acids is 1. The number of carboxylic acid groups (broad SMARTS) is 1. The van der Waals surface area contributed by atoms with Crippen LogP contribution in [-0.4, -0.2) is 35.3 Å². The van der Waals surface area contributed by atoms with Crippen molar-refractivity contribution in [2.75, 3.05) is 7.11 Å². The highest BCUT2D eigenvalue weighted by atomic mass is 16.6. The summed E-state index contributed by atoms with van der Waals surface area (Å²) in [7, 11) is 1.39. The molecule has 3 N–H and O–H groups in total. The zero-order valence-electron chi connectivity index (χ0n) is 15.0. The molecule has 2 rings (SSSR count). The summed E-state index contributed by atoms with van der Waals surface area (Å²) in [6.45, 7) is 0. The highest BCUT2D eigenvalue weighted by Crippen LogP contribution is 2.31. The van der Waals surface area contributed by atoms with Crippen LogP contribution in [0.2, 0.25) is 0 Å². The lowest BCUT2D eigenvalue weighted by molar-refractivity contribution is -0.131. The molecule has 1 atom stereocenters. The average Bonchev–Trinajstić information content (AvgIpc) is 2.67. The minimum atomic E-state index is -1.15. The predicted octanol–water partition coefficient (Wildman–Crippen LogP) is 3.04. The molecular formula is C20H19NO7. The molecule has 0 aliphatic rings. The Bertz CT molecular complexity index is 877. The maximum Gasteiger partial charge on any atom is 0.414 e. The molecule has 8 nitrogen and oxygen atoms in total. The second-order valence-corrected chi connectivity index (χ2v) is 5.62. The first kappa shape index (κ1) is 20.5. The van der Waals surface area contributed by atoms with Gasteiger partial charge in [0.05, 0.1) is 7.11 Å². The number of hydrogen-bond acceptors (Lipinski definition) is 6. The molecule has 2 amide bonds. The fourth-order valence-corrected chi connectivity index (χ4v) is 2.37. The van der Waals surface area contributed by atoms with Crippen LogP contribution in [0, 0.1) is 0 Å². The minimum Gasteiger partial charge on any atom is -0.504 e. The highest BCUT2D eigenvalue weighted by Gasteiger charge is 2.19. The van der Waals surface area contributed by atoms with Crippen LogP contribution in [0.4, 0.5) is 4.79 Å². The van der Waals surface area contributed by atoms with Crippen LogP contribution in [0.25, 0.3) is 0 Å². The topological polar surface area (TPSA) is 122 Å². The number of methoxy groups -OCH3 is 1. The lowest BCUT2D eigenvalue weighted by Crippen LogP contribution is -2.32. The van der Waals surface area contributed by atoms with Gasteiger partial charge in [0.25, 0.3) is 5.91 Å². The molecule has 0 aliphatic heterocycles. The van der Waals surface area contributed by atoms with Gasteiger partial charge in [-0.05, 0) is 29.8 Å². The summed E-state index contributed by atoms with van der Waals surface area (Å²) in [6.07, 6.45) is 0.298. The van der Waals surface area contributed by atoms with E-state index < -0.39 is 24.1 Å². The Morgan fingerprint density at radius 2 is 1.86 bits per heavy atom. The second-order valence-electron chi connectivity index (χ2n) is 5.62. The van der Waals surface area contributed by atoms with Crippen molar-refractivity contribution in [3.8, 4) is 11.5 Å². The molecule has 0 aliphatic carbocycles. The number of ether oxygens (including phenoxy) is 2. The minimum absolute atomic E-state index is 0.0189. The first-order chi connectivity index (χ1) is 13.4. The molecule has 28 heavy (non-hydrogen) atoms. The molecule has 0 saturated carbocycles. The number of alkyl carbamates (subject to hydrolysis) is 1. The molecule has 2 aromatic carbocycles. The number of amides is 2. The number of carbonyl (C=O) groups excluding carboxylic acids is 2. The van der Waals surface area contributed by atoms with Gasteiger partial charge in [0, 0.05) is 18.1 Å². The molecule has 2 aromatic rings. The standard InChI is InChI=1S/C20H19NO7/c1-27-17-11-10-14(12-15(17)22)16(8-5-9-18(23)24)28-20(26)21-19(25)13-6-3-2-4-7-13/h2-7,9-12,16,22H,8H2,1H3,(H,23,24)(H,21,25,26)/b9-5+/t16-/m0/s1. The number of aromatic hydroxyl groups is 1. The third kappa shape index (κ3) is 5.87. The van der Waals surface area contributed by atoms with Crippen molar-refractivity contribution < 1.29 is 34.1 Å². The smallest absolute Gasteiger partial charge is 0.414 e. The van der Waals surface area contributed by atoms with Crippen molar-refractivity contribution >= 4 is 18.0 Å². The quantitative estimate of drug-likeness (QED) is 0.626. The molecule has 0 saturated heterocycles. The van der Waals surface area contributed by atoms with Gasteiger partial charge in [-0.1, -0.05) is 30.3 Å². The van der Waals surface area contributed by atoms with Crippen molar-refractivity contribution in [3.05, 3.63) is 71.8 Å². The van der Waals surface area contributed by atoms with E-state index in [1.807, 2.05) is 0 Å². The van der Waals surface area contributed by atoms with Gasteiger partial charge in [0.15, 0.2) is 11.5 Å². The number of phenolic OH excluding ortho intramolecular Hbond substituents is 1. The lowest BCUT2D eigenvalue weighted by Gasteiger charge is -2.18. The molecule has 0 heterocycles. The van der Waals surface area contributed by atoms with E-state index >= 15 is 0 Å². The molecule has 0 radical (unpaired) electrons. The summed E-state index contributed by atoms with van der Waals surface area (Å²) in [5.41, 5.74) is 0.680. The molecule has 0 bridgehead atoms. The van der Waals surface area contributed by atoms with Gasteiger partial charge < -0.3 is 19.7 Å². The SMILES string of the molecule is COc1ccc([C@H](C/C=C/C(=O)O)OC(=O)NC(=O)c2ccccc2)cc1O. The Balaban J connectivity index is 2.14. The molecule has 0 unspecified atom stereocenters. The van der Waals surface area contributed by atoms with E-state index in [-0.39, 0.29) is 23.5 Å². The van der Waals surface area contributed by atoms with E-state index in [2.05, 4.69) is 5.32 Å². The van der Waals surface area contributed by atoms with Gasteiger partial charge in [0.1, 0.15) is 6.10 Å². The normalized spacial score (nSPS) is 11.6. The van der Waals surface area contributed by atoms with Crippen molar-refractivity contribution in [1.82, 2.24) is 5.32 Å². The second kappa shape index (κ2) is 9.77. The Morgan fingerprint density at radius 3 is 2.46 bits per heavy atom. The number of rotatable bonds is 7.